The highest BCUT2D eigenvalue weighted by molar-refractivity contribution is 9.11. The van der Waals surface area contributed by atoms with Crippen LogP contribution in [-0.2, 0) is 0 Å². The SMILES string of the molecule is CCNC(c1ccc(Br)s1)C(C)C(C)C. The maximum atomic E-state index is 3.58. The Morgan fingerprint density at radius 2 is 2.00 bits per heavy atom. The summed E-state index contributed by atoms with van der Waals surface area (Å²) >= 11 is 5.36. The monoisotopic (exact) mass is 289 g/mol. The van der Waals surface area contributed by atoms with Crippen LogP contribution in [0.2, 0.25) is 0 Å². The van der Waals surface area contributed by atoms with Crippen LogP contribution < -0.4 is 5.32 Å². The van der Waals surface area contributed by atoms with Gasteiger partial charge in [0.2, 0.25) is 0 Å². The van der Waals surface area contributed by atoms with Gasteiger partial charge in [-0.25, -0.2) is 0 Å². The van der Waals surface area contributed by atoms with Gasteiger partial charge in [-0.05, 0) is 46.4 Å². The minimum atomic E-state index is 0.492. The van der Waals surface area contributed by atoms with Crippen molar-refractivity contribution in [3.8, 4) is 0 Å². The van der Waals surface area contributed by atoms with Crippen molar-refractivity contribution in [2.75, 3.05) is 6.54 Å². The van der Waals surface area contributed by atoms with Crippen molar-refractivity contribution in [3.63, 3.8) is 0 Å². The summed E-state index contributed by atoms with van der Waals surface area (Å²) in [4.78, 5) is 1.44. The topological polar surface area (TPSA) is 12.0 Å². The summed E-state index contributed by atoms with van der Waals surface area (Å²) in [5.74, 6) is 1.37. The van der Waals surface area contributed by atoms with Gasteiger partial charge in [0.1, 0.15) is 0 Å². The number of rotatable bonds is 5. The second-order valence-electron chi connectivity index (χ2n) is 4.28. The van der Waals surface area contributed by atoms with Gasteiger partial charge in [0, 0.05) is 10.9 Å². The first-order valence-electron chi connectivity index (χ1n) is 5.54. The fraction of sp³-hybridized carbons (Fsp3) is 0.667. The maximum Gasteiger partial charge on any atom is 0.0701 e. The van der Waals surface area contributed by atoms with Crippen LogP contribution in [-0.4, -0.2) is 6.54 Å². The van der Waals surface area contributed by atoms with Gasteiger partial charge >= 0.3 is 0 Å². The van der Waals surface area contributed by atoms with Gasteiger partial charge in [0.15, 0.2) is 0 Å². The molecular formula is C12H20BrNS. The molecule has 3 heteroatoms. The molecule has 0 amide bonds. The Morgan fingerprint density at radius 1 is 1.33 bits per heavy atom. The van der Waals surface area contributed by atoms with E-state index < -0.39 is 0 Å². The Balaban J connectivity index is 2.82. The lowest BCUT2D eigenvalue weighted by Crippen LogP contribution is -2.28. The van der Waals surface area contributed by atoms with E-state index in [1.54, 1.807) is 0 Å². The van der Waals surface area contributed by atoms with Gasteiger partial charge in [0.25, 0.3) is 0 Å². The van der Waals surface area contributed by atoms with Gasteiger partial charge < -0.3 is 5.32 Å². The van der Waals surface area contributed by atoms with Crippen molar-refractivity contribution in [1.82, 2.24) is 5.32 Å². The molecule has 0 saturated carbocycles. The molecule has 1 aromatic rings. The first kappa shape index (κ1) is 13.2. The lowest BCUT2D eigenvalue weighted by molar-refractivity contribution is 0.311. The summed E-state index contributed by atoms with van der Waals surface area (Å²) in [7, 11) is 0. The van der Waals surface area contributed by atoms with E-state index >= 15 is 0 Å². The zero-order chi connectivity index (χ0) is 11.4. The molecule has 0 radical (unpaired) electrons. The van der Waals surface area contributed by atoms with E-state index in [4.69, 9.17) is 0 Å². The van der Waals surface area contributed by atoms with Crippen molar-refractivity contribution < 1.29 is 0 Å². The first-order valence-corrected chi connectivity index (χ1v) is 7.15. The standard InChI is InChI=1S/C12H20BrNS/c1-5-14-12(9(4)8(2)3)10-6-7-11(13)15-10/h6-9,12,14H,5H2,1-4H3. The Hall–Kier alpha value is 0.140. The highest BCUT2D eigenvalue weighted by Crippen LogP contribution is 2.34. The third-order valence-corrected chi connectivity index (χ3v) is 4.61. The molecule has 2 unspecified atom stereocenters. The molecule has 0 fully saturated rings. The van der Waals surface area contributed by atoms with E-state index in [9.17, 15) is 0 Å². The molecule has 0 bridgehead atoms. The summed E-state index contributed by atoms with van der Waals surface area (Å²) in [6.45, 7) is 10.1. The molecule has 0 aliphatic rings. The van der Waals surface area contributed by atoms with E-state index in [1.165, 1.54) is 8.66 Å². The first-order chi connectivity index (χ1) is 7.06. The molecule has 2 atom stereocenters. The van der Waals surface area contributed by atoms with Crippen molar-refractivity contribution >= 4 is 27.3 Å². The van der Waals surface area contributed by atoms with Crippen LogP contribution in [0.5, 0.6) is 0 Å². The predicted molar refractivity (Wildman–Crippen MR) is 72.4 cm³/mol. The molecule has 0 aromatic carbocycles. The molecule has 1 heterocycles. The average Bonchev–Trinajstić information content (AvgIpc) is 2.60. The fourth-order valence-corrected chi connectivity index (χ4v) is 3.26. The van der Waals surface area contributed by atoms with Gasteiger partial charge in [-0.15, -0.1) is 11.3 Å². The Morgan fingerprint density at radius 3 is 2.40 bits per heavy atom. The summed E-state index contributed by atoms with van der Waals surface area (Å²) in [5, 5.41) is 3.58. The number of hydrogen-bond acceptors (Lipinski definition) is 2. The molecule has 1 rings (SSSR count). The molecule has 0 saturated heterocycles. The molecule has 0 aliphatic heterocycles. The van der Waals surface area contributed by atoms with E-state index in [2.05, 4.69) is 61.1 Å². The summed E-state index contributed by atoms with van der Waals surface area (Å²) < 4.78 is 1.22. The molecule has 86 valence electrons. The van der Waals surface area contributed by atoms with Gasteiger partial charge in [-0.2, -0.15) is 0 Å². The second kappa shape index (κ2) is 6.02. The van der Waals surface area contributed by atoms with Gasteiger partial charge in [0.05, 0.1) is 3.79 Å². The fourth-order valence-electron chi connectivity index (χ4n) is 1.65. The third-order valence-electron chi connectivity index (χ3n) is 2.90. The molecule has 1 N–H and O–H groups in total. The zero-order valence-electron chi connectivity index (χ0n) is 9.88. The van der Waals surface area contributed by atoms with Crippen LogP contribution in [0.4, 0.5) is 0 Å². The van der Waals surface area contributed by atoms with Crippen molar-refractivity contribution in [3.05, 3.63) is 20.8 Å². The summed E-state index contributed by atoms with van der Waals surface area (Å²) in [6, 6.07) is 4.85. The van der Waals surface area contributed by atoms with Crippen molar-refractivity contribution in [1.29, 1.82) is 0 Å². The Kier molecular flexibility index (Phi) is 5.30. The number of halogens is 1. The molecule has 0 spiro atoms. The number of hydrogen-bond donors (Lipinski definition) is 1. The smallest absolute Gasteiger partial charge is 0.0701 e. The zero-order valence-corrected chi connectivity index (χ0v) is 12.3. The molecular weight excluding hydrogens is 270 g/mol. The minimum absolute atomic E-state index is 0.492. The van der Waals surface area contributed by atoms with Crippen LogP contribution >= 0.6 is 27.3 Å². The average molecular weight is 290 g/mol. The highest BCUT2D eigenvalue weighted by Gasteiger charge is 2.22. The number of thiophene rings is 1. The normalized spacial score (nSPS) is 15.6. The Bertz CT molecular complexity index is 296. The molecule has 1 nitrogen and oxygen atoms in total. The maximum absolute atomic E-state index is 3.58. The van der Waals surface area contributed by atoms with E-state index in [1.807, 2.05) is 11.3 Å². The lowest BCUT2D eigenvalue weighted by atomic mass is 9.89. The number of nitrogens with one attached hydrogen (secondary N) is 1. The summed E-state index contributed by atoms with van der Waals surface area (Å²) in [5.41, 5.74) is 0. The van der Waals surface area contributed by atoms with Crippen LogP contribution in [0.1, 0.15) is 38.6 Å². The van der Waals surface area contributed by atoms with Gasteiger partial charge in [-0.1, -0.05) is 27.7 Å². The quantitative estimate of drug-likeness (QED) is 0.844. The van der Waals surface area contributed by atoms with Crippen LogP contribution in [0.3, 0.4) is 0 Å². The Labute approximate surface area is 105 Å². The lowest BCUT2D eigenvalue weighted by Gasteiger charge is -2.26. The minimum Gasteiger partial charge on any atom is -0.309 e. The van der Waals surface area contributed by atoms with E-state index in [-0.39, 0.29) is 0 Å². The van der Waals surface area contributed by atoms with E-state index in [0.29, 0.717) is 17.9 Å². The van der Waals surface area contributed by atoms with E-state index in [0.717, 1.165) is 6.54 Å². The van der Waals surface area contributed by atoms with Gasteiger partial charge in [-0.3, -0.25) is 0 Å². The largest absolute Gasteiger partial charge is 0.309 e. The molecule has 1 aromatic heterocycles. The molecule has 15 heavy (non-hydrogen) atoms. The summed E-state index contributed by atoms with van der Waals surface area (Å²) in [6.07, 6.45) is 0. The van der Waals surface area contributed by atoms with Crippen LogP contribution in [0.25, 0.3) is 0 Å². The van der Waals surface area contributed by atoms with Crippen LogP contribution in [0, 0.1) is 11.8 Å². The second-order valence-corrected chi connectivity index (χ2v) is 6.77. The third kappa shape index (κ3) is 3.58. The molecule has 0 aliphatic carbocycles. The highest BCUT2D eigenvalue weighted by atomic mass is 79.9. The van der Waals surface area contributed by atoms with Crippen LogP contribution in [0.15, 0.2) is 15.9 Å². The predicted octanol–water partition coefficient (Wildman–Crippen LogP) is 4.45. The van der Waals surface area contributed by atoms with Crippen molar-refractivity contribution in [2.24, 2.45) is 11.8 Å². The van der Waals surface area contributed by atoms with Crippen molar-refractivity contribution in [2.45, 2.75) is 33.7 Å².